The molecule has 0 aromatic carbocycles. The summed E-state index contributed by atoms with van der Waals surface area (Å²) in [5.41, 5.74) is 0. The van der Waals surface area contributed by atoms with Crippen LogP contribution < -0.4 is 0 Å². The summed E-state index contributed by atoms with van der Waals surface area (Å²) in [5, 5.41) is 0. The maximum atomic E-state index is 2.36. The van der Waals surface area contributed by atoms with Crippen molar-refractivity contribution in [2.24, 2.45) is 0 Å². The van der Waals surface area contributed by atoms with E-state index < -0.39 is 0 Å². The molecule has 0 amide bonds. The van der Waals surface area contributed by atoms with Crippen molar-refractivity contribution in [1.29, 1.82) is 0 Å². The van der Waals surface area contributed by atoms with Gasteiger partial charge in [0.1, 0.15) is 0 Å². The molecule has 2 heteroatoms. The molecule has 0 aromatic rings. The minimum atomic E-state index is 0. The van der Waals surface area contributed by atoms with E-state index in [1.54, 1.807) is 0 Å². The molecule has 1 rings (SSSR count). The normalized spacial score (nSPS) is 20.7. The molecule has 0 N–H and O–H groups in total. The molecule has 0 atom stereocenters. The van der Waals surface area contributed by atoms with E-state index in [2.05, 4.69) is 19.0 Å². The van der Waals surface area contributed by atoms with Gasteiger partial charge in [-0.15, -0.1) is 0 Å². The van der Waals surface area contributed by atoms with Gasteiger partial charge in [0.2, 0.25) is 0 Å². The second-order valence-corrected chi connectivity index (χ2v) is 3.26. The predicted octanol–water partition coefficient (Wildman–Crippen LogP) is 1.50. The van der Waals surface area contributed by atoms with Gasteiger partial charge in [-0.25, -0.2) is 0 Å². The Morgan fingerprint density at radius 3 is 1.80 bits per heavy atom. The van der Waals surface area contributed by atoms with Crippen LogP contribution in [0.2, 0.25) is 0 Å². The molecule has 10 heavy (non-hydrogen) atoms. The fourth-order valence-electron chi connectivity index (χ4n) is 1.60. The first-order valence-electron chi connectivity index (χ1n) is 3.97. The Labute approximate surface area is 86.5 Å². The number of hydrogen-bond donors (Lipinski definition) is 0. The van der Waals surface area contributed by atoms with Crippen LogP contribution in [-0.2, 0) is 0 Å². The fourth-order valence-corrected chi connectivity index (χ4v) is 1.60. The Bertz CT molecular complexity index is 77.3. The molecule has 1 nitrogen and oxygen atoms in total. The minimum absolute atomic E-state index is 0. The Hall–Kier alpha value is 0.960. The average Bonchev–Trinajstić information content (AvgIpc) is 1.90. The van der Waals surface area contributed by atoms with Crippen molar-refractivity contribution in [3.8, 4) is 0 Å². The zero-order valence-electron chi connectivity index (χ0n) is 7.56. The topological polar surface area (TPSA) is 3.24 Å². The van der Waals surface area contributed by atoms with Crippen LogP contribution in [0.15, 0.2) is 0 Å². The van der Waals surface area contributed by atoms with E-state index in [-0.39, 0.29) is 29.6 Å². The minimum Gasteiger partial charge on any atom is -0.306 e. The molecular formula is C8H17NNa. The van der Waals surface area contributed by atoms with E-state index in [1.165, 1.54) is 32.1 Å². The van der Waals surface area contributed by atoms with Crippen LogP contribution >= 0.6 is 0 Å². The van der Waals surface area contributed by atoms with Crippen molar-refractivity contribution in [2.45, 2.75) is 38.1 Å². The molecule has 0 spiro atoms. The van der Waals surface area contributed by atoms with Gasteiger partial charge in [-0.1, -0.05) is 19.3 Å². The van der Waals surface area contributed by atoms with Gasteiger partial charge >= 0.3 is 0 Å². The molecule has 0 bridgehead atoms. The molecule has 0 aromatic heterocycles. The average molecular weight is 150 g/mol. The summed E-state index contributed by atoms with van der Waals surface area (Å²) in [4.78, 5) is 2.36. The van der Waals surface area contributed by atoms with E-state index in [0.29, 0.717) is 0 Å². The molecular weight excluding hydrogens is 133 g/mol. The van der Waals surface area contributed by atoms with Crippen molar-refractivity contribution in [2.75, 3.05) is 14.1 Å². The van der Waals surface area contributed by atoms with Gasteiger partial charge in [0.05, 0.1) is 0 Å². The first-order chi connectivity index (χ1) is 4.30. The Morgan fingerprint density at radius 1 is 1.00 bits per heavy atom. The van der Waals surface area contributed by atoms with E-state index in [4.69, 9.17) is 0 Å². The van der Waals surface area contributed by atoms with Crippen LogP contribution in [0.4, 0.5) is 0 Å². The van der Waals surface area contributed by atoms with Crippen molar-refractivity contribution in [3.63, 3.8) is 0 Å². The van der Waals surface area contributed by atoms with Crippen LogP contribution in [0.1, 0.15) is 32.1 Å². The zero-order valence-corrected chi connectivity index (χ0v) is 9.56. The number of hydrogen-bond acceptors (Lipinski definition) is 1. The van der Waals surface area contributed by atoms with Crippen molar-refractivity contribution >= 4 is 29.6 Å². The Morgan fingerprint density at radius 2 is 1.50 bits per heavy atom. The Balaban J connectivity index is 0.000000810. The first-order valence-corrected chi connectivity index (χ1v) is 3.97. The third-order valence-corrected chi connectivity index (χ3v) is 2.30. The number of nitrogens with zero attached hydrogens (tertiary/aromatic N) is 1. The number of rotatable bonds is 1. The van der Waals surface area contributed by atoms with Gasteiger partial charge in [-0.2, -0.15) is 0 Å². The fraction of sp³-hybridized carbons (Fsp3) is 1.00. The van der Waals surface area contributed by atoms with Crippen LogP contribution in [0.3, 0.4) is 0 Å². The Kier molecular flexibility index (Phi) is 6.13. The van der Waals surface area contributed by atoms with Crippen LogP contribution in [0.5, 0.6) is 0 Å². The molecule has 1 saturated carbocycles. The molecule has 0 unspecified atom stereocenters. The summed E-state index contributed by atoms with van der Waals surface area (Å²) in [6.07, 6.45) is 7.20. The standard InChI is InChI=1S/C8H17N.Na/c1-9(2)8-6-4-3-5-7-8;/h8H,3-7H2,1-2H3;. The molecule has 55 valence electrons. The van der Waals surface area contributed by atoms with Crippen LogP contribution in [0.25, 0.3) is 0 Å². The summed E-state index contributed by atoms with van der Waals surface area (Å²) < 4.78 is 0. The van der Waals surface area contributed by atoms with Crippen molar-refractivity contribution in [3.05, 3.63) is 0 Å². The van der Waals surface area contributed by atoms with Gasteiger partial charge in [-0.05, 0) is 26.9 Å². The van der Waals surface area contributed by atoms with Gasteiger partial charge in [-0.3, -0.25) is 0 Å². The quantitative estimate of drug-likeness (QED) is 0.512. The molecule has 1 radical (unpaired) electrons. The van der Waals surface area contributed by atoms with Crippen molar-refractivity contribution < 1.29 is 0 Å². The monoisotopic (exact) mass is 150 g/mol. The van der Waals surface area contributed by atoms with E-state index in [9.17, 15) is 0 Å². The molecule has 1 aliphatic carbocycles. The molecule has 0 saturated heterocycles. The van der Waals surface area contributed by atoms with Gasteiger partial charge in [0.25, 0.3) is 0 Å². The molecule has 0 heterocycles. The van der Waals surface area contributed by atoms with E-state index >= 15 is 0 Å². The third kappa shape index (κ3) is 3.38. The van der Waals surface area contributed by atoms with Crippen molar-refractivity contribution in [1.82, 2.24) is 4.90 Å². The maximum absolute atomic E-state index is 2.36. The van der Waals surface area contributed by atoms with E-state index in [1.807, 2.05) is 0 Å². The second-order valence-electron chi connectivity index (χ2n) is 3.26. The van der Waals surface area contributed by atoms with Gasteiger partial charge in [0.15, 0.2) is 0 Å². The van der Waals surface area contributed by atoms with Gasteiger partial charge < -0.3 is 4.90 Å². The summed E-state index contributed by atoms with van der Waals surface area (Å²) in [6.45, 7) is 0. The molecule has 1 fully saturated rings. The zero-order chi connectivity index (χ0) is 6.69. The summed E-state index contributed by atoms with van der Waals surface area (Å²) >= 11 is 0. The van der Waals surface area contributed by atoms with Crippen LogP contribution in [0, 0.1) is 0 Å². The predicted molar refractivity (Wildman–Crippen MR) is 46.3 cm³/mol. The second kappa shape index (κ2) is 5.59. The summed E-state index contributed by atoms with van der Waals surface area (Å²) in [7, 11) is 4.38. The largest absolute Gasteiger partial charge is 0.306 e. The maximum Gasteiger partial charge on any atom is 0.00891 e. The van der Waals surface area contributed by atoms with Gasteiger partial charge in [0, 0.05) is 35.6 Å². The summed E-state index contributed by atoms with van der Waals surface area (Å²) in [5.74, 6) is 0. The first kappa shape index (κ1) is 11.0. The van der Waals surface area contributed by atoms with E-state index in [0.717, 1.165) is 6.04 Å². The summed E-state index contributed by atoms with van der Waals surface area (Å²) in [6, 6.07) is 0.888. The smallest absolute Gasteiger partial charge is 0.00891 e. The molecule has 0 aliphatic heterocycles. The molecule has 1 aliphatic rings. The van der Waals surface area contributed by atoms with Crippen LogP contribution in [-0.4, -0.2) is 54.6 Å². The SMILES string of the molecule is CN(C)C1CCCCC1.[Na]. The third-order valence-electron chi connectivity index (χ3n) is 2.30.